The first-order valence-corrected chi connectivity index (χ1v) is 7.66. The van der Waals surface area contributed by atoms with Crippen molar-refractivity contribution in [2.24, 2.45) is 0 Å². The Morgan fingerprint density at radius 1 is 1.22 bits per heavy atom. The molecule has 0 unspecified atom stereocenters. The van der Waals surface area contributed by atoms with E-state index in [1.807, 2.05) is 36.4 Å². The fourth-order valence-corrected chi connectivity index (χ4v) is 3.11. The minimum Gasteiger partial charge on any atom is -0.493 e. The normalized spacial score (nSPS) is 18.4. The summed E-state index contributed by atoms with van der Waals surface area (Å²) in [5.41, 5.74) is 3.35. The molecule has 2 amide bonds. The van der Waals surface area contributed by atoms with Crippen LogP contribution in [0.4, 0.5) is 5.69 Å². The number of amides is 2. The molecule has 0 aromatic heterocycles. The van der Waals surface area contributed by atoms with Gasteiger partial charge in [0.15, 0.2) is 0 Å². The summed E-state index contributed by atoms with van der Waals surface area (Å²) in [4.78, 5) is 24.4. The highest BCUT2D eigenvalue weighted by Gasteiger charge is 2.26. The second kappa shape index (κ2) is 5.43. The predicted octanol–water partition coefficient (Wildman–Crippen LogP) is 2.43. The summed E-state index contributed by atoms with van der Waals surface area (Å²) >= 11 is 0. The van der Waals surface area contributed by atoms with Crippen molar-refractivity contribution in [3.63, 3.8) is 0 Å². The van der Waals surface area contributed by atoms with Gasteiger partial charge in [0.05, 0.1) is 19.1 Å². The van der Waals surface area contributed by atoms with Crippen molar-refractivity contribution in [1.82, 2.24) is 5.32 Å². The van der Waals surface area contributed by atoms with E-state index in [1.165, 1.54) is 0 Å². The Bertz CT molecular complexity index is 801. The summed E-state index contributed by atoms with van der Waals surface area (Å²) in [7, 11) is 0. The van der Waals surface area contributed by atoms with Gasteiger partial charge in [-0.15, -0.1) is 0 Å². The van der Waals surface area contributed by atoms with Gasteiger partial charge in [-0.05, 0) is 35.4 Å². The molecule has 2 N–H and O–H groups in total. The summed E-state index contributed by atoms with van der Waals surface area (Å²) in [5.74, 6) is 0.592. The molecule has 5 nitrogen and oxygen atoms in total. The third-order valence-corrected chi connectivity index (χ3v) is 4.26. The molecular weight excluding hydrogens is 292 g/mol. The van der Waals surface area contributed by atoms with Crippen molar-refractivity contribution in [1.29, 1.82) is 0 Å². The maximum absolute atomic E-state index is 12.5. The van der Waals surface area contributed by atoms with Gasteiger partial charge in [-0.3, -0.25) is 9.59 Å². The van der Waals surface area contributed by atoms with Gasteiger partial charge in [-0.1, -0.05) is 18.2 Å². The Kier molecular flexibility index (Phi) is 3.26. The lowest BCUT2D eigenvalue weighted by molar-refractivity contribution is -0.116. The molecule has 2 aliphatic heterocycles. The molecule has 2 heterocycles. The van der Waals surface area contributed by atoms with Crippen LogP contribution in [0.1, 0.15) is 33.9 Å². The number of para-hydroxylation sites is 1. The SMILES string of the molecule is O=C1C[C@H](NC(=O)c2ccc3c(c2)CCO3)c2ccccc2N1. The first kappa shape index (κ1) is 13.8. The molecule has 2 aromatic rings. The van der Waals surface area contributed by atoms with Crippen molar-refractivity contribution in [2.75, 3.05) is 11.9 Å². The molecule has 23 heavy (non-hydrogen) atoms. The number of anilines is 1. The topological polar surface area (TPSA) is 67.4 Å². The monoisotopic (exact) mass is 308 g/mol. The van der Waals surface area contributed by atoms with Crippen molar-refractivity contribution < 1.29 is 14.3 Å². The van der Waals surface area contributed by atoms with E-state index in [2.05, 4.69) is 10.6 Å². The van der Waals surface area contributed by atoms with E-state index in [0.29, 0.717) is 12.2 Å². The zero-order valence-electron chi connectivity index (χ0n) is 12.5. The number of fused-ring (bicyclic) bond motifs is 2. The van der Waals surface area contributed by atoms with Crippen molar-refractivity contribution >= 4 is 17.5 Å². The lowest BCUT2D eigenvalue weighted by Crippen LogP contribution is -2.35. The molecule has 0 saturated heterocycles. The van der Waals surface area contributed by atoms with Crippen molar-refractivity contribution in [3.05, 3.63) is 59.2 Å². The molecule has 2 aromatic carbocycles. The summed E-state index contributed by atoms with van der Waals surface area (Å²) < 4.78 is 5.46. The molecule has 116 valence electrons. The second-order valence-electron chi connectivity index (χ2n) is 5.79. The lowest BCUT2D eigenvalue weighted by atomic mass is 9.97. The molecule has 0 spiro atoms. The van der Waals surface area contributed by atoms with Crippen molar-refractivity contribution in [2.45, 2.75) is 18.9 Å². The highest BCUT2D eigenvalue weighted by atomic mass is 16.5. The molecule has 1 atom stereocenters. The van der Waals surface area contributed by atoms with Crippen LogP contribution in [-0.2, 0) is 11.2 Å². The molecule has 5 heteroatoms. The van der Waals surface area contributed by atoms with Gasteiger partial charge in [0.2, 0.25) is 5.91 Å². The van der Waals surface area contributed by atoms with Gasteiger partial charge in [0, 0.05) is 17.7 Å². The summed E-state index contributed by atoms with van der Waals surface area (Å²) in [6.45, 7) is 0.663. The quantitative estimate of drug-likeness (QED) is 0.895. The van der Waals surface area contributed by atoms with E-state index in [-0.39, 0.29) is 24.3 Å². The molecule has 4 rings (SSSR count). The molecule has 0 saturated carbocycles. The first-order chi connectivity index (χ1) is 11.2. The van der Waals surface area contributed by atoms with Crippen LogP contribution in [0.25, 0.3) is 0 Å². The molecule has 0 radical (unpaired) electrons. The predicted molar refractivity (Wildman–Crippen MR) is 85.5 cm³/mol. The Balaban J connectivity index is 1.58. The first-order valence-electron chi connectivity index (χ1n) is 7.66. The van der Waals surface area contributed by atoms with Crippen LogP contribution in [0.2, 0.25) is 0 Å². The Morgan fingerprint density at radius 2 is 2.09 bits per heavy atom. The van der Waals surface area contributed by atoms with Gasteiger partial charge in [-0.2, -0.15) is 0 Å². The molecule has 0 bridgehead atoms. The smallest absolute Gasteiger partial charge is 0.251 e. The highest BCUT2D eigenvalue weighted by molar-refractivity contribution is 5.98. The van der Waals surface area contributed by atoms with Crippen LogP contribution in [-0.4, -0.2) is 18.4 Å². The maximum Gasteiger partial charge on any atom is 0.251 e. The summed E-state index contributed by atoms with van der Waals surface area (Å²) in [6.07, 6.45) is 1.07. The van der Waals surface area contributed by atoms with E-state index in [0.717, 1.165) is 29.0 Å². The summed E-state index contributed by atoms with van der Waals surface area (Å²) in [5, 5.41) is 5.80. The number of carbonyl (C=O) groups excluding carboxylic acids is 2. The Labute approximate surface area is 133 Å². The molecule has 0 fully saturated rings. The van der Waals surface area contributed by atoms with Gasteiger partial charge in [-0.25, -0.2) is 0 Å². The van der Waals surface area contributed by atoms with Gasteiger partial charge in [0.1, 0.15) is 5.75 Å². The van der Waals surface area contributed by atoms with Gasteiger partial charge >= 0.3 is 0 Å². The maximum atomic E-state index is 12.5. The number of benzene rings is 2. The lowest BCUT2D eigenvalue weighted by Gasteiger charge is -2.26. The fraction of sp³-hybridized carbons (Fsp3) is 0.222. The third-order valence-electron chi connectivity index (χ3n) is 4.26. The van der Waals surface area contributed by atoms with Crippen molar-refractivity contribution in [3.8, 4) is 5.75 Å². The van der Waals surface area contributed by atoms with E-state index >= 15 is 0 Å². The van der Waals surface area contributed by atoms with Crippen LogP contribution in [0, 0.1) is 0 Å². The second-order valence-corrected chi connectivity index (χ2v) is 5.79. The van der Waals surface area contributed by atoms with Crippen LogP contribution in [0.15, 0.2) is 42.5 Å². The average Bonchev–Trinajstić information content (AvgIpc) is 3.02. The average molecular weight is 308 g/mol. The summed E-state index contributed by atoms with van der Waals surface area (Å²) in [6, 6.07) is 12.7. The third kappa shape index (κ3) is 2.54. The number of carbonyl (C=O) groups is 2. The van der Waals surface area contributed by atoms with Crippen LogP contribution >= 0.6 is 0 Å². The number of hydrogen-bond donors (Lipinski definition) is 2. The van der Waals surface area contributed by atoms with E-state index < -0.39 is 0 Å². The minimum atomic E-state index is -0.308. The minimum absolute atomic E-state index is 0.0867. The number of ether oxygens (including phenoxy) is 1. The Morgan fingerprint density at radius 3 is 3.00 bits per heavy atom. The van der Waals surface area contributed by atoms with E-state index in [1.54, 1.807) is 6.07 Å². The number of nitrogens with one attached hydrogen (secondary N) is 2. The fourth-order valence-electron chi connectivity index (χ4n) is 3.11. The largest absolute Gasteiger partial charge is 0.493 e. The molecular formula is C18H16N2O3. The van der Waals surface area contributed by atoms with Gasteiger partial charge in [0.25, 0.3) is 5.91 Å². The standard InChI is InChI=1S/C18H16N2O3/c21-17-10-15(13-3-1-2-4-14(13)19-17)20-18(22)12-5-6-16-11(9-12)7-8-23-16/h1-6,9,15H,7-8,10H2,(H,19,21)(H,20,22)/t15-/m0/s1. The highest BCUT2D eigenvalue weighted by Crippen LogP contribution is 2.31. The zero-order valence-corrected chi connectivity index (χ0v) is 12.5. The Hall–Kier alpha value is -2.82. The number of rotatable bonds is 2. The zero-order chi connectivity index (χ0) is 15.8. The molecule has 0 aliphatic carbocycles. The van der Waals surface area contributed by atoms with E-state index in [4.69, 9.17) is 4.74 Å². The van der Waals surface area contributed by atoms with Crippen LogP contribution < -0.4 is 15.4 Å². The van der Waals surface area contributed by atoms with Crippen LogP contribution in [0.5, 0.6) is 5.75 Å². The van der Waals surface area contributed by atoms with E-state index in [9.17, 15) is 9.59 Å². The van der Waals surface area contributed by atoms with Crippen LogP contribution in [0.3, 0.4) is 0 Å². The van der Waals surface area contributed by atoms with Gasteiger partial charge < -0.3 is 15.4 Å². The molecule has 2 aliphatic rings. The number of hydrogen-bond acceptors (Lipinski definition) is 3.